The summed E-state index contributed by atoms with van der Waals surface area (Å²) in [5, 5.41) is 0.415. The summed E-state index contributed by atoms with van der Waals surface area (Å²) in [4.78, 5) is 37.7. The zero-order valence-corrected chi connectivity index (χ0v) is 20.2. The standard InChI is InChI=1S/C19H21N5O3.C5H12O/c1-12(23(3)4)7-17(20-2)18-21-16-6-5-13(8-15(16)19(26)22-18)27-14-9-24(10-14)11-25;1-5(2,3)6-4/h5-8,11,14H,1-2,9-10H2,3-4H3,(H,21,22,26);1-4H3/b17-7-;. The van der Waals surface area contributed by atoms with Crippen molar-refractivity contribution in [1.29, 1.82) is 0 Å². The van der Waals surface area contributed by atoms with Crippen molar-refractivity contribution in [2.45, 2.75) is 32.5 Å². The summed E-state index contributed by atoms with van der Waals surface area (Å²) >= 11 is 0. The van der Waals surface area contributed by atoms with Crippen LogP contribution in [0.2, 0.25) is 0 Å². The van der Waals surface area contributed by atoms with E-state index in [4.69, 9.17) is 9.47 Å². The van der Waals surface area contributed by atoms with Crippen molar-refractivity contribution < 1.29 is 14.3 Å². The first-order chi connectivity index (χ1) is 15.5. The molecule has 1 fully saturated rings. The van der Waals surface area contributed by atoms with E-state index < -0.39 is 0 Å². The highest BCUT2D eigenvalue weighted by atomic mass is 16.5. The number of ether oxygens (including phenoxy) is 2. The molecule has 1 saturated heterocycles. The van der Waals surface area contributed by atoms with Gasteiger partial charge in [-0.2, -0.15) is 0 Å². The highest BCUT2D eigenvalue weighted by molar-refractivity contribution is 5.81. The molecule has 0 saturated carbocycles. The molecular formula is C24H33N5O4. The first kappa shape index (κ1) is 25.8. The van der Waals surface area contributed by atoms with E-state index in [0.717, 1.165) is 6.41 Å². The predicted molar refractivity (Wildman–Crippen MR) is 132 cm³/mol. The second-order valence-electron chi connectivity index (χ2n) is 8.78. The smallest absolute Gasteiger partial charge is 0.259 e. The number of fused-ring (bicyclic) bond motifs is 1. The van der Waals surface area contributed by atoms with Gasteiger partial charge in [-0.15, -0.1) is 0 Å². The highest BCUT2D eigenvalue weighted by Gasteiger charge is 2.27. The van der Waals surface area contributed by atoms with Crippen molar-refractivity contribution in [3.05, 3.63) is 52.7 Å². The van der Waals surface area contributed by atoms with Crippen LogP contribution in [0.25, 0.3) is 16.6 Å². The molecule has 9 nitrogen and oxygen atoms in total. The predicted octanol–water partition coefficient (Wildman–Crippen LogP) is 2.69. The maximum absolute atomic E-state index is 12.5. The number of aromatic nitrogens is 2. The lowest BCUT2D eigenvalue weighted by Gasteiger charge is -2.36. The summed E-state index contributed by atoms with van der Waals surface area (Å²) in [5.74, 6) is 0.886. The third-order valence-corrected chi connectivity index (χ3v) is 4.91. The number of aliphatic imine (C=N–C) groups is 1. The average molecular weight is 456 g/mol. The van der Waals surface area contributed by atoms with Crippen molar-refractivity contribution in [2.24, 2.45) is 4.99 Å². The van der Waals surface area contributed by atoms with Crippen molar-refractivity contribution >= 4 is 29.7 Å². The van der Waals surface area contributed by atoms with Crippen LogP contribution in [0.15, 0.2) is 46.3 Å². The van der Waals surface area contributed by atoms with E-state index in [2.05, 4.69) is 28.3 Å². The molecule has 0 spiro atoms. The van der Waals surface area contributed by atoms with Gasteiger partial charge in [-0.3, -0.25) is 14.6 Å². The number of carbonyl (C=O) groups is 1. The summed E-state index contributed by atoms with van der Waals surface area (Å²) in [6.45, 7) is 14.6. The third kappa shape index (κ3) is 7.28. The number of nitrogens with one attached hydrogen (secondary N) is 1. The molecule has 0 radical (unpaired) electrons. The Balaban J connectivity index is 0.000000569. The minimum atomic E-state index is -0.298. The van der Waals surface area contributed by atoms with E-state index in [9.17, 15) is 9.59 Å². The molecule has 0 aliphatic carbocycles. The molecule has 1 aromatic carbocycles. The SMILES string of the molecule is C=N/C(=C\C(=C)N(C)C)c1nc2ccc(OC3CN(C=O)C3)cc2c(=O)[nH]1.COC(C)(C)C. The van der Waals surface area contributed by atoms with Gasteiger partial charge in [-0.05, 0) is 51.8 Å². The van der Waals surface area contributed by atoms with Crippen molar-refractivity contribution in [2.75, 3.05) is 34.3 Å². The Morgan fingerprint density at radius 1 is 1.33 bits per heavy atom. The highest BCUT2D eigenvalue weighted by Crippen LogP contribution is 2.22. The zero-order valence-electron chi connectivity index (χ0n) is 20.2. The number of likely N-dealkylation sites (N-methyl/N-ethyl adjacent to an activating group) is 1. The summed E-state index contributed by atoms with van der Waals surface area (Å²) in [6, 6.07) is 5.13. The molecule has 33 heavy (non-hydrogen) atoms. The van der Waals surface area contributed by atoms with Crippen molar-refractivity contribution in [3.8, 4) is 5.75 Å². The Morgan fingerprint density at radius 2 is 1.97 bits per heavy atom. The van der Waals surface area contributed by atoms with Crippen LogP contribution in [0, 0.1) is 0 Å². The number of aromatic amines is 1. The molecule has 2 heterocycles. The molecule has 9 heteroatoms. The molecule has 1 amide bonds. The summed E-state index contributed by atoms with van der Waals surface area (Å²) in [5.41, 5.74) is 1.40. The maximum Gasteiger partial charge on any atom is 0.259 e. The van der Waals surface area contributed by atoms with Crippen LogP contribution in [0.5, 0.6) is 5.75 Å². The Kier molecular flexibility index (Phi) is 8.53. The lowest BCUT2D eigenvalue weighted by Crippen LogP contribution is -2.52. The number of rotatable bonds is 7. The van der Waals surface area contributed by atoms with Gasteiger partial charge in [-0.1, -0.05) is 6.58 Å². The van der Waals surface area contributed by atoms with Crippen molar-refractivity contribution in [1.82, 2.24) is 19.8 Å². The van der Waals surface area contributed by atoms with Crippen LogP contribution in [0.3, 0.4) is 0 Å². The Bertz CT molecular complexity index is 1090. The van der Waals surface area contributed by atoms with Gasteiger partial charge in [0.05, 0.1) is 29.6 Å². The van der Waals surface area contributed by atoms with E-state index in [1.165, 1.54) is 0 Å². The number of likely N-dealkylation sites (tertiary alicyclic amines) is 1. The minimum Gasteiger partial charge on any atom is -0.487 e. The molecule has 3 rings (SSSR count). The van der Waals surface area contributed by atoms with Gasteiger partial charge >= 0.3 is 0 Å². The third-order valence-electron chi connectivity index (χ3n) is 4.91. The van der Waals surface area contributed by atoms with Crippen LogP contribution in [-0.4, -0.2) is 78.9 Å². The maximum atomic E-state index is 12.5. The number of benzene rings is 1. The van der Waals surface area contributed by atoms with Crippen LogP contribution < -0.4 is 10.3 Å². The van der Waals surface area contributed by atoms with Crippen LogP contribution in [0.1, 0.15) is 26.6 Å². The first-order valence-electron chi connectivity index (χ1n) is 10.5. The summed E-state index contributed by atoms with van der Waals surface area (Å²) in [6.07, 6.45) is 2.43. The molecule has 1 aliphatic heterocycles. The molecule has 0 bridgehead atoms. The molecule has 1 aliphatic rings. The van der Waals surface area contributed by atoms with Gasteiger partial charge in [-0.25, -0.2) is 4.98 Å². The van der Waals surface area contributed by atoms with Crippen molar-refractivity contribution in [3.63, 3.8) is 0 Å². The Hall–Kier alpha value is -3.46. The topological polar surface area (TPSA) is 100 Å². The number of allylic oxidation sites excluding steroid dienone is 1. The van der Waals surface area contributed by atoms with Crippen LogP contribution in [-0.2, 0) is 9.53 Å². The summed E-state index contributed by atoms with van der Waals surface area (Å²) in [7, 11) is 5.42. The number of methoxy groups -OCH3 is 1. The average Bonchev–Trinajstić information content (AvgIpc) is 2.74. The number of hydrogen-bond donors (Lipinski definition) is 1. The molecule has 0 unspecified atom stereocenters. The minimum absolute atomic E-state index is 0.0417. The van der Waals surface area contributed by atoms with E-state index in [-0.39, 0.29) is 17.3 Å². The Morgan fingerprint density at radius 3 is 2.48 bits per heavy atom. The van der Waals surface area contributed by atoms with Crippen LogP contribution >= 0.6 is 0 Å². The van der Waals surface area contributed by atoms with Gasteiger partial charge < -0.3 is 24.3 Å². The molecule has 2 aromatic rings. The number of carbonyl (C=O) groups excluding carboxylic acids is 1. The fourth-order valence-corrected chi connectivity index (χ4v) is 2.61. The fraction of sp³-hybridized carbons (Fsp3) is 0.417. The quantitative estimate of drug-likeness (QED) is 0.391. The number of H-pyrrole nitrogens is 1. The lowest BCUT2D eigenvalue weighted by molar-refractivity contribution is -0.126. The summed E-state index contributed by atoms with van der Waals surface area (Å²) < 4.78 is 10.7. The number of hydrogen-bond acceptors (Lipinski definition) is 7. The van der Waals surface area contributed by atoms with Gasteiger partial charge in [0.2, 0.25) is 6.41 Å². The largest absolute Gasteiger partial charge is 0.487 e. The monoisotopic (exact) mass is 455 g/mol. The fourth-order valence-electron chi connectivity index (χ4n) is 2.61. The van der Waals surface area contributed by atoms with Gasteiger partial charge in [0, 0.05) is 26.9 Å². The molecule has 1 aromatic heterocycles. The molecule has 178 valence electrons. The molecular weight excluding hydrogens is 422 g/mol. The lowest BCUT2D eigenvalue weighted by atomic mass is 10.2. The van der Waals surface area contributed by atoms with Gasteiger partial charge in [0.25, 0.3) is 5.56 Å². The normalized spacial score (nSPS) is 14.1. The molecule has 1 N–H and O–H groups in total. The number of amides is 1. The van der Waals surface area contributed by atoms with E-state index in [1.807, 2.05) is 39.8 Å². The second kappa shape index (κ2) is 10.9. The van der Waals surface area contributed by atoms with Gasteiger partial charge in [0.1, 0.15) is 17.6 Å². The first-order valence-corrected chi connectivity index (χ1v) is 10.5. The van der Waals surface area contributed by atoms with Crippen LogP contribution in [0.4, 0.5) is 0 Å². The number of nitrogens with zero attached hydrogens (tertiary/aromatic N) is 4. The van der Waals surface area contributed by atoms with E-state index in [1.54, 1.807) is 36.3 Å². The molecule has 0 atom stereocenters. The van der Waals surface area contributed by atoms with Gasteiger partial charge in [0.15, 0.2) is 5.82 Å². The second-order valence-corrected chi connectivity index (χ2v) is 8.78. The zero-order chi connectivity index (χ0) is 24.8. The van der Waals surface area contributed by atoms with E-state index in [0.29, 0.717) is 47.0 Å². The van der Waals surface area contributed by atoms with E-state index >= 15 is 0 Å². The Labute approximate surface area is 194 Å².